The molecule has 0 spiro atoms. The van der Waals surface area contributed by atoms with E-state index in [0.29, 0.717) is 6.54 Å². The third-order valence-corrected chi connectivity index (χ3v) is 3.56. The third kappa shape index (κ3) is 6.28. The van der Waals surface area contributed by atoms with Crippen LogP contribution in [0.25, 0.3) is 0 Å². The number of ether oxygens (including phenoxy) is 1. The molecule has 0 radical (unpaired) electrons. The van der Waals surface area contributed by atoms with Gasteiger partial charge in [0.15, 0.2) is 6.54 Å². The number of hydrogen-bond donors (Lipinski definition) is 2. The largest absolute Gasteiger partial charge is 0.435 e. The van der Waals surface area contributed by atoms with Crippen LogP contribution in [0.4, 0.5) is 18.9 Å². The van der Waals surface area contributed by atoms with Crippen LogP contribution in [0.1, 0.15) is 5.56 Å². The van der Waals surface area contributed by atoms with Crippen LogP contribution in [-0.2, 0) is 11.3 Å². The first-order chi connectivity index (χ1) is 11.8. The number of halogens is 4. The van der Waals surface area contributed by atoms with Crippen LogP contribution < -0.4 is 15.0 Å². The van der Waals surface area contributed by atoms with Gasteiger partial charge in [-0.25, -0.2) is 4.39 Å². The Balaban J connectivity index is 1.86. The van der Waals surface area contributed by atoms with E-state index >= 15 is 0 Å². The molecule has 0 fully saturated rings. The molecule has 134 valence electrons. The first kappa shape index (κ1) is 19.1. The molecule has 0 bridgehead atoms. The number of alkyl halides is 2. The van der Waals surface area contributed by atoms with Crippen LogP contribution in [-0.4, -0.2) is 26.1 Å². The SMILES string of the molecule is C[NH+](CC(=O)Nc1ccc(Cl)cc1F)Cc1ccc(OC(F)F)cc1. The number of anilines is 1. The molecule has 2 rings (SSSR count). The molecule has 0 saturated heterocycles. The molecular weight excluding hydrogens is 357 g/mol. The maximum atomic E-state index is 13.7. The standard InChI is InChI=1S/C17H16ClF3N2O2/c1-23(9-11-2-5-13(6-3-11)25-17(20)21)10-16(24)22-15-7-4-12(18)8-14(15)19/h2-8,17H,9-10H2,1H3,(H,22,24)/p+1. The average Bonchev–Trinajstić information content (AvgIpc) is 2.51. The van der Waals surface area contributed by atoms with Gasteiger partial charge in [-0.05, 0) is 42.5 Å². The van der Waals surface area contributed by atoms with Gasteiger partial charge in [0, 0.05) is 10.6 Å². The lowest BCUT2D eigenvalue weighted by Crippen LogP contribution is -3.08. The lowest BCUT2D eigenvalue weighted by Gasteiger charge is -2.14. The highest BCUT2D eigenvalue weighted by atomic mass is 35.5. The van der Waals surface area contributed by atoms with Gasteiger partial charge >= 0.3 is 6.61 Å². The molecule has 1 amide bonds. The van der Waals surface area contributed by atoms with E-state index in [4.69, 9.17) is 11.6 Å². The Bertz CT molecular complexity index is 726. The van der Waals surface area contributed by atoms with Crippen LogP contribution in [0.5, 0.6) is 5.75 Å². The number of quaternary nitrogens is 1. The minimum absolute atomic E-state index is 0.0655. The summed E-state index contributed by atoms with van der Waals surface area (Å²) in [7, 11) is 1.79. The number of benzene rings is 2. The predicted octanol–water partition coefficient (Wildman–Crippen LogP) is 2.73. The van der Waals surface area contributed by atoms with Gasteiger partial charge in [0.05, 0.1) is 12.7 Å². The lowest BCUT2D eigenvalue weighted by molar-refractivity contribution is -0.885. The van der Waals surface area contributed by atoms with Gasteiger partial charge in [-0.3, -0.25) is 4.79 Å². The highest BCUT2D eigenvalue weighted by Crippen LogP contribution is 2.18. The summed E-state index contributed by atoms with van der Waals surface area (Å²) in [6.07, 6.45) is 0. The summed E-state index contributed by atoms with van der Waals surface area (Å²) in [6.45, 7) is -2.26. The fourth-order valence-electron chi connectivity index (χ4n) is 2.26. The van der Waals surface area contributed by atoms with E-state index in [1.54, 1.807) is 19.2 Å². The highest BCUT2D eigenvalue weighted by Gasteiger charge is 2.13. The molecule has 0 aliphatic rings. The number of hydrogen-bond acceptors (Lipinski definition) is 2. The van der Waals surface area contributed by atoms with Crippen molar-refractivity contribution in [1.82, 2.24) is 0 Å². The molecule has 1 atom stereocenters. The fraction of sp³-hybridized carbons (Fsp3) is 0.235. The van der Waals surface area contributed by atoms with E-state index in [1.165, 1.54) is 24.3 Å². The van der Waals surface area contributed by atoms with Crippen molar-refractivity contribution in [2.45, 2.75) is 13.2 Å². The zero-order valence-electron chi connectivity index (χ0n) is 13.4. The summed E-state index contributed by atoms with van der Waals surface area (Å²) in [5, 5.41) is 2.74. The van der Waals surface area contributed by atoms with Crippen molar-refractivity contribution in [3.05, 3.63) is 58.9 Å². The molecule has 0 saturated carbocycles. The smallest absolute Gasteiger partial charge is 0.387 e. The maximum absolute atomic E-state index is 13.7. The van der Waals surface area contributed by atoms with Crippen LogP contribution in [0.2, 0.25) is 5.02 Å². The molecular formula is C17H17ClF3N2O2+. The lowest BCUT2D eigenvalue weighted by atomic mass is 10.2. The molecule has 2 aromatic rings. The Morgan fingerprint density at radius 1 is 1.24 bits per heavy atom. The van der Waals surface area contributed by atoms with Crippen molar-refractivity contribution in [3.8, 4) is 5.75 Å². The molecule has 0 aliphatic heterocycles. The topological polar surface area (TPSA) is 42.8 Å². The van der Waals surface area contributed by atoms with Gasteiger partial charge in [0.1, 0.15) is 18.1 Å². The number of amides is 1. The van der Waals surface area contributed by atoms with Crippen LogP contribution in [0.3, 0.4) is 0 Å². The minimum atomic E-state index is -2.86. The van der Waals surface area contributed by atoms with Gasteiger partial charge in [-0.15, -0.1) is 0 Å². The molecule has 0 heterocycles. The van der Waals surface area contributed by atoms with Gasteiger partial charge in [-0.2, -0.15) is 8.78 Å². The Morgan fingerprint density at radius 3 is 2.52 bits per heavy atom. The van der Waals surface area contributed by atoms with E-state index in [-0.39, 0.29) is 28.9 Å². The van der Waals surface area contributed by atoms with E-state index in [1.807, 2.05) is 0 Å². The number of likely N-dealkylation sites (N-methyl/N-ethyl adjacent to an activating group) is 1. The quantitative estimate of drug-likeness (QED) is 0.783. The number of rotatable bonds is 7. The Kier molecular flexibility index (Phi) is 6.66. The van der Waals surface area contributed by atoms with Crippen molar-refractivity contribution in [2.75, 3.05) is 18.9 Å². The summed E-state index contributed by atoms with van der Waals surface area (Å²) in [5.41, 5.74) is 0.917. The molecule has 1 unspecified atom stereocenters. The second-order valence-electron chi connectivity index (χ2n) is 5.51. The molecule has 2 N–H and O–H groups in total. The summed E-state index contributed by atoms with van der Waals surface area (Å²) in [4.78, 5) is 12.8. The minimum Gasteiger partial charge on any atom is -0.435 e. The zero-order chi connectivity index (χ0) is 18.4. The maximum Gasteiger partial charge on any atom is 0.387 e. The summed E-state index contributed by atoms with van der Waals surface area (Å²) < 4.78 is 42.1. The molecule has 0 aliphatic carbocycles. The van der Waals surface area contributed by atoms with Crippen molar-refractivity contribution < 1.29 is 27.6 Å². The summed E-state index contributed by atoms with van der Waals surface area (Å²) in [6, 6.07) is 10.2. The Morgan fingerprint density at radius 2 is 1.92 bits per heavy atom. The molecule has 0 aromatic heterocycles. The highest BCUT2D eigenvalue weighted by molar-refractivity contribution is 6.30. The molecule has 2 aromatic carbocycles. The van der Waals surface area contributed by atoms with Gasteiger partial charge in [0.2, 0.25) is 0 Å². The predicted molar refractivity (Wildman–Crippen MR) is 88.6 cm³/mol. The molecule has 8 heteroatoms. The fourth-order valence-corrected chi connectivity index (χ4v) is 2.42. The molecule has 4 nitrogen and oxygen atoms in total. The van der Waals surface area contributed by atoms with Crippen molar-refractivity contribution in [3.63, 3.8) is 0 Å². The molecule has 25 heavy (non-hydrogen) atoms. The van der Waals surface area contributed by atoms with Gasteiger partial charge in [0.25, 0.3) is 5.91 Å². The van der Waals surface area contributed by atoms with Crippen LogP contribution >= 0.6 is 11.6 Å². The number of nitrogens with one attached hydrogen (secondary N) is 2. The van der Waals surface area contributed by atoms with E-state index in [2.05, 4.69) is 10.1 Å². The Hall–Kier alpha value is -2.25. The third-order valence-electron chi connectivity index (χ3n) is 3.32. The number of carbonyl (C=O) groups is 1. The zero-order valence-corrected chi connectivity index (χ0v) is 14.1. The summed E-state index contributed by atoms with van der Waals surface area (Å²) in [5.74, 6) is -0.878. The van der Waals surface area contributed by atoms with Crippen LogP contribution in [0, 0.1) is 5.82 Å². The first-order valence-electron chi connectivity index (χ1n) is 7.43. The van der Waals surface area contributed by atoms with Crippen molar-refractivity contribution in [2.24, 2.45) is 0 Å². The monoisotopic (exact) mass is 373 g/mol. The average molecular weight is 374 g/mol. The van der Waals surface area contributed by atoms with E-state index in [0.717, 1.165) is 16.5 Å². The van der Waals surface area contributed by atoms with Crippen molar-refractivity contribution >= 4 is 23.2 Å². The second-order valence-corrected chi connectivity index (χ2v) is 5.94. The summed E-state index contributed by atoms with van der Waals surface area (Å²) >= 11 is 5.66. The number of carbonyl (C=O) groups excluding carboxylic acids is 1. The van der Waals surface area contributed by atoms with Gasteiger partial charge in [-0.1, -0.05) is 11.6 Å². The van der Waals surface area contributed by atoms with Gasteiger partial charge < -0.3 is 15.0 Å². The van der Waals surface area contributed by atoms with E-state index in [9.17, 15) is 18.0 Å². The van der Waals surface area contributed by atoms with Crippen molar-refractivity contribution in [1.29, 1.82) is 0 Å². The Labute approximate surface area is 148 Å². The first-order valence-corrected chi connectivity index (χ1v) is 7.81. The van der Waals surface area contributed by atoms with Crippen LogP contribution in [0.15, 0.2) is 42.5 Å². The normalized spacial score (nSPS) is 12.1. The van der Waals surface area contributed by atoms with E-state index < -0.39 is 12.4 Å². The second kappa shape index (κ2) is 8.73.